The van der Waals surface area contributed by atoms with Gasteiger partial charge in [0.05, 0.1) is 10.3 Å². The molecule has 16 heavy (non-hydrogen) atoms. The lowest BCUT2D eigenvalue weighted by molar-refractivity contribution is 0.112. The summed E-state index contributed by atoms with van der Waals surface area (Å²) in [5.74, 6) is 0.926. The molecule has 0 radical (unpaired) electrons. The molecule has 0 fully saturated rings. The van der Waals surface area contributed by atoms with Gasteiger partial charge < -0.3 is 5.11 Å². The van der Waals surface area contributed by atoms with E-state index in [4.69, 9.17) is 12.2 Å². The van der Waals surface area contributed by atoms with E-state index in [1.54, 1.807) is 36.0 Å². The van der Waals surface area contributed by atoms with Gasteiger partial charge in [-0.05, 0) is 11.3 Å². The van der Waals surface area contributed by atoms with Gasteiger partial charge in [0, 0.05) is 12.0 Å². The van der Waals surface area contributed by atoms with Crippen LogP contribution in [0.4, 0.5) is 0 Å². The highest BCUT2D eigenvalue weighted by Crippen LogP contribution is 2.21. The van der Waals surface area contributed by atoms with Crippen LogP contribution < -0.4 is 0 Å². The molecule has 0 heterocycles. The highest BCUT2D eigenvalue weighted by atomic mass is 32.2. The summed E-state index contributed by atoms with van der Waals surface area (Å²) < 4.78 is 0.814. The molecule has 1 aromatic rings. The van der Waals surface area contributed by atoms with Gasteiger partial charge in [0.25, 0.3) is 0 Å². The Morgan fingerprint density at radius 1 is 1.50 bits per heavy atom. The smallest absolute Gasteiger partial charge is 0.150 e. The Labute approximate surface area is 105 Å². The Bertz CT molecular complexity index is 360. The SMILES string of the molecule is CCSC(=S)CC(O)c1ccc(C=O)cc1. The number of aliphatic hydroxyl groups excluding tert-OH is 1. The molecule has 1 unspecified atom stereocenters. The van der Waals surface area contributed by atoms with Crippen molar-refractivity contribution in [1.82, 2.24) is 0 Å². The Kier molecular flexibility index (Phi) is 5.66. The topological polar surface area (TPSA) is 37.3 Å². The second-order valence-corrected chi connectivity index (χ2v) is 5.42. The van der Waals surface area contributed by atoms with Crippen LogP contribution in [0.5, 0.6) is 0 Å². The first kappa shape index (κ1) is 13.4. The van der Waals surface area contributed by atoms with Crippen molar-refractivity contribution in [3.8, 4) is 0 Å². The number of aliphatic hydroxyl groups is 1. The van der Waals surface area contributed by atoms with Crippen LogP contribution in [0.15, 0.2) is 24.3 Å². The van der Waals surface area contributed by atoms with Gasteiger partial charge in [0.1, 0.15) is 6.29 Å². The van der Waals surface area contributed by atoms with E-state index in [1.165, 1.54) is 0 Å². The molecule has 0 bridgehead atoms. The number of thioether (sulfide) groups is 1. The summed E-state index contributed by atoms with van der Waals surface area (Å²) in [7, 11) is 0. The maximum Gasteiger partial charge on any atom is 0.150 e. The fourth-order valence-electron chi connectivity index (χ4n) is 1.29. The van der Waals surface area contributed by atoms with Gasteiger partial charge in [0.15, 0.2) is 0 Å². The van der Waals surface area contributed by atoms with Gasteiger partial charge in [-0.3, -0.25) is 4.79 Å². The van der Waals surface area contributed by atoms with Crippen molar-refractivity contribution < 1.29 is 9.90 Å². The zero-order valence-corrected chi connectivity index (χ0v) is 10.7. The van der Waals surface area contributed by atoms with Crippen LogP contribution in [0.25, 0.3) is 0 Å². The number of hydrogen-bond donors (Lipinski definition) is 1. The highest BCUT2D eigenvalue weighted by molar-refractivity contribution is 8.23. The van der Waals surface area contributed by atoms with Gasteiger partial charge in [0.2, 0.25) is 0 Å². The minimum Gasteiger partial charge on any atom is -0.388 e. The molecular weight excluding hydrogens is 240 g/mol. The molecule has 4 heteroatoms. The summed E-state index contributed by atoms with van der Waals surface area (Å²) in [4.78, 5) is 10.5. The Morgan fingerprint density at radius 3 is 2.62 bits per heavy atom. The number of carbonyl (C=O) groups excluding carboxylic acids is 1. The molecule has 1 N–H and O–H groups in total. The zero-order chi connectivity index (χ0) is 12.0. The van der Waals surface area contributed by atoms with E-state index in [2.05, 4.69) is 0 Å². The highest BCUT2D eigenvalue weighted by Gasteiger charge is 2.10. The molecule has 0 aliphatic rings. The van der Waals surface area contributed by atoms with Gasteiger partial charge in [-0.1, -0.05) is 43.4 Å². The largest absolute Gasteiger partial charge is 0.388 e. The first-order valence-corrected chi connectivity index (χ1v) is 6.45. The molecular formula is C12H14O2S2. The van der Waals surface area contributed by atoms with E-state index in [1.807, 2.05) is 6.92 Å². The minimum atomic E-state index is -0.577. The Balaban J connectivity index is 2.61. The van der Waals surface area contributed by atoms with Gasteiger partial charge in [-0.2, -0.15) is 0 Å². The third-order valence-electron chi connectivity index (χ3n) is 2.12. The molecule has 1 atom stereocenters. The van der Waals surface area contributed by atoms with Crippen LogP contribution in [0.3, 0.4) is 0 Å². The van der Waals surface area contributed by atoms with Crippen LogP contribution in [-0.2, 0) is 0 Å². The maximum atomic E-state index is 10.5. The molecule has 0 aromatic heterocycles. The molecule has 0 saturated heterocycles. The summed E-state index contributed by atoms with van der Waals surface area (Å²) in [6.45, 7) is 2.03. The quantitative estimate of drug-likeness (QED) is 0.647. The molecule has 1 aromatic carbocycles. The first-order valence-electron chi connectivity index (χ1n) is 5.06. The van der Waals surface area contributed by atoms with Crippen molar-refractivity contribution in [2.75, 3.05) is 5.75 Å². The van der Waals surface area contributed by atoms with Crippen LogP contribution >= 0.6 is 24.0 Å². The van der Waals surface area contributed by atoms with E-state index in [9.17, 15) is 9.90 Å². The van der Waals surface area contributed by atoms with E-state index < -0.39 is 6.10 Å². The molecule has 0 aliphatic carbocycles. The van der Waals surface area contributed by atoms with E-state index >= 15 is 0 Å². The van der Waals surface area contributed by atoms with Crippen molar-refractivity contribution >= 4 is 34.5 Å². The number of thiocarbonyl (C=S) groups is 1. The monoisotopic (exact) mass is 254 g/mol. The van der Waals surface area contributed by atoms with Crippen LogP contribution in [-0.4, -0.2) is 21.3 Å². The third kappa shape index (κ3) is 4.04. The summed E-state index contributed by atoms with van der Waals surface area (Å²) in [5, 5.41) is 9.89. The standard InChI is InChI=1S/C12H14O2S2/c1-2-16-12(15)7-11(14)10-5-3-9(8-13)4-6-10/h3-6,8,11,14H,2,7H2,1H3. The zero-order valence-electron chi connectivity index (χ0n) is 9.05. The molecule has 1 rings (SSSR count). The van der Waals surface area contributed by atoms with E-state index in [0.29, 0.717) is 12.0 Å². The maximum absolute atomic E-state index is 10.5. The number of rotatable bonds is 5. The second kappa shape index (κ2) is 6.78. The molecule has 0 saturated carbocycles. The average Bonchev–Trinajstić information content (AvgIpc) is 2.29. The number of carbonyl (C=O) groups is 1. The van der Waals surface area contributed by atoms with Crippen molar-refractivity contribution in [2.24, 2.45) is 0 Å². The normalized spacial score (nSPS) is 12.1. The average molecular weight is 254 g/mol. The number of aldehydes is 1. The fourth-order valence-corrected chi connectivity index (χ4v) is 2.40. The van der Waals surface area contributed by atoms with Crippen molar-refractivity contribution in [1.29, 1.82) is 0 Å². The minimum absolute atomic E-state index is 0.480. The molecule has 0 aliphatic heterocycles. The molecule has 86 valence electrons. The third-order valence-corrected chi connectivity index (χ3v) is 3.42. The molecule has 2 nitrogen and oxygen atoms in total. The lowest BCUT2D eigenvalue weighted by Gasteiger charge is -2.11. The first-order chi connectivity index (χ1) is 7.67. The van der Waals surface area contributed by atoms with Crippen LogP contribution in [0.2, 0.25) is 0 Å². The molecule has 0 amide bonds. The predicted octanol–water partition coefficient (Wildman–Crippen LogP) is 3.00. The van der Waals surface area contributed by atoms with Crippen molar-refractivity contribution in [3.63, 3.8) is 0 Å². The molecule has 0 spiro atoms. The predicted molar refractivity (Wildman–Crippen MR) is 72.1 cm³/mol. The lowest BCUT2D eigenvalue weighted by atomic mass is 10.1. The van der Waals surface area contributed by atoms with Gasteiger partial charge >= 0.3 is 0 Å². The number of hydrogen-bond acceptors (Lipinski definition) is 4. The van der Waals surface area contributed by atoms with Gasteiger partial charge in [-0.25, -0.2) is 0 Å². The fraction of sp³-hybridized carbons (Fsp3) is 0.333. The van der Waals surface area contributed by atoms with E-state index in [0.717, 1.165) is 21.8 Å². The van der Waals surface area contributed by atoms with Crippen LogP contribution in [0, 0.1) is 0 Å². The summed E-state index contributed by atoms with van der Waals surface area (Å²) in [6, 6.07) is 6.91. The Morgan fingerprint density at radius 2 is 2.12 bits per heavy atom. The van der Waals surface area contributed by atoms with Gasteiger partial charge in [-0.15, -0.1) is 11.8 Å². The Hall–Kier alpha value is -0.710. The van der Waals surface area contributed by atoms with Crippen LogP contribution in [0.1, 0.15) is 35.4 Å². The lowest BCUT2D eigenvalue weighted by Crippen LogP contribution is -2.02. The second-order valence-electron chi connectivity index (χ2n) is 3.31. The number of benzene rings is 1. The van der Waals surface area contributed by atoms with E-state index in [-0.39, 0.29) is 0 Å². The van der Waals surface area contributed by atoms with Crippen molar-refractivity contribution in [2.45, 2.75) is 19.4 Å². The summed E-state index contributed by atoms with van der Waals surface area (Å²) in [6.07, 6.45) is 0.689. The summed E-state index contributed by atoms with van der Waals surface area (Å²) >= 11 is 6.70. The van der Waals surface area contributed by atoms with Crippen molar-refractivity contribution in [3.05, 3.63) is 35.4 Å². The summed E-state index contributed by atoms with van der Waals surface area (Å²) in [5.41, 5.74) is 1.41.